The highest BCUT2D eigenvalue weighted by atomic mass is 16.2. The number of hydrogen-bond donors (Lipinski definition) is 0. The SMILES string of the molecule is CCc1nccn1[C@@H]1CCCN(C(=O)[C@H]2CC(=O)N(CC3CC3)C2)C1. The normalized spacial score (nSPS) is 27.2. The lowest BCUT2D eigenvalue weighted by Crippen LogP contribution is -2.44. The van der Waals surface area contributed by atoms with Gasteiger partial charge in [-0.25, -0.2) is 4.98 Å². The Morgan fingerprint density at radius 1 is 1.28 bits per heavy atom. The van der Waals surface area contributed by atoms with E-state index in [4.69, 9.17) is 0 Å². The van der Waals surface area contributed by atoms with Crippen molar-refractivity contribution in [3.63, 3.8) is 0 Å². The lowest BCUT2D eigenvalue weighted by atomic mass is 10.0. The molecule has 0 aromatic carbocycles. The molecule has 4 rings (SSSR count). The van der Waals surface area contributed by atoms with Gasteiger partial charge < -0.3 is 14.4 Å². The number of rotatable bonds is 5. The maximum absolute atomic E-state index is 13.0. The fraction of sp³-hybridized carbons (Fsp3) is 0.737. The van der Waals surface area contributed by atoms with Crippen LogP contribution in [0.4, 0.5) is 0 Å². The third-order valence-electron chi connectivity index (χ3n) is 5.91. The predicted molar refractivity (Wildman–Crippen MR) is 93.9 cm³/mol. The molecule has 136 valence electrons. The Labute approximate surface area is 149 Å². The van der Waals surface area contributed by atoms with Crippen LogP contribution in [0, 0.1) is 11.8 Å². The van der Waals surface area contributed by atoms with Crippen LogP contribution in [0.1, 0.15) is 50.9 Å². The van der Waals surface area contributed by atoms with E-state index in [2.05, 4.69) is 16.5 Å². The van der Waals surface area contributed by atoms with E-state index in [0.29, 0.717) is 24.9 Å². The molecule has 3 aliphatic rings. The van der Waals surface area contributed by atoms with Crippen molar-refractivity contribution in [1.82, 2.24) is 19.4 Å². The molecular formula is C19H28N4O2. The van der Waals surface area contributed by atoms with E-state index in [1.807, 2.05) is 22.2 Å². The van der Waals surface area contributed by atoms with E-state index in [-0.39, 0.29) is 17.7 Å². The van der Waals surface area contributed by atoms with E-state index >= 15 is 0 Å². The minimum atomic E-state index is -0.140. The molecule has 1 saturated carbocycles. The molecule has 0 radical (unpaired) electrons. The van der Waals surface area contributed by atoms with Gasteiger partial charge in [0.05, 0.1) is 12.0 Å². The zero-order valence-electron chi connectivity index (χ0n) is 15.1. The largest absolute Gasteiger partial charge is 0.342 e. The number of aryl methyl sites for hydroxylation is 1. The Bertz CT molecular complexity index is 652. The van der Waals surface area contributed by atoms with Crippen LogP contribution in [0.25, 0.3) is 0 Å². The molecule has 6 nitrogen and oxygen atoms in total. The first-order valence-corrected chi connectivity index (χ1v) is 9.74. The highest BCUT2D eigenvalue weighted by Gasteiger charge is 2.39. The molecule has 0 spiro atoms. The summed E-state index contributed by atoms with van der Waals surface area (Å²) >= 11 is 0. The Morgan fingerprint density at radius 2 is 2.12 bits per heavy atom. The van der Waals surface area contributed by atoms with Crippen molar-refractivity contribution < 1.29 is 9.59 Å². The van der Waals surface area contributed by atoms with Crippen LogP contribution in [0.2, 0.25) is 0 Å². The molecule has 1 aliphatic carbocycles. The van der Waals surface area contributed by atoms with Gasteiger partial charge in [0.15, 0.2) is 0 Å². The fourth-order valence-electron chi connectivity index (χ4n) is 4.32. The standard InChI is InChI=1S/C19H28N4O2/c1-2-17-20-7-9-23(17)16-4-3-8-21(13-16)19(25)15-10-18(24)22(12-15)11-14-5-6-14/h7,9,14-16H,2-6,8,10-13H2,1H3/t15-,16+/m0/s1. The lowest BCUT2D eigenvalue weighted by Gasteiger charge is -2.35. The molecule has 3 fully saturated rings. The van der Waals surface area contributed by atoms with Crippen molar-refractivity contribution in [1.29, 1.82) is 0 Å². The topological polar surface area (TPSA) is 58.4 Å². The Hall–Kier alpha value is -1.85. The summed E-state index contributed by atoms with van der Waals surface area (Å²) in [7, 11) is 0. The molecule has 2 atom stereocenters. The third-order valence-corrected chi connectivity index (χ3v) is 5.91. The van der Waals surface area contributed by atoms with Gasteiger partial charge in [0.25, 0.3) is 0 Å². The molecule has 3 heterocycles. The number of aromatic nitrogens is 2. The van der Waals surface area contributed by atoms with Crippen LogP contribution in [0.3, 0.4) is 0 Å². The van der Waals surface area contributed by atoms with Crippen LogP contribution in [0.5, 0.6) is 0 Å². The minimum absolute atomic E-state index is 0.140. The molecule has 0 N–H and O–H groups in total. The summed E-state index contributed by atoms with van der Waals surface area (Å²) in [5.41, 5.74) is 0. The van der Waals surface area contributed by atoms with E-state index in [0.717, 1.165) is 44.7 Å². The van der Waals surface area contributed by atoms with Crippen LogP contribution in [-0.2, 0) is 16.0 Å². The maximum atomic E-state index is 13.0. The van der Waals surface area contributed by atoms with Crippen molar-refractivity contribution in [3.8, 4) is 0 Å². The van der Waals surface area contributed by atoms with E-state index in [1.165, 1.54) is 12.8 Å². The van der Waals surface area contributed by atoms with Crippen molar-refractivity contribution in [2.45, 2.75) is 51.5 Å². The van der Waals surface area contributed by atoms with E-state index in [1.54, 1.807) is 0 Å². The van der Waals surface area contributed by atoms with Gasteiger partial charge in [0.1, 0.15) is 5.82 Å². The van der Waals surface area contributed by atoms with Gasteiger partial charge in [-0.1, -0.05) is 6.92 Å². The molecule has 1 aromatic heterocycles. The Morgan fingerprint density at radius 3 is 2.88 bits per heavy atom. The molecule has 25 heavy (non-hydrogen) atoms. The van der Waals surface area contributed by atoms with Crippen molar-refractivity contribution in [3.05, 3.63) is 18.2 Å². The number of likely N-dealkylation sites (tertiary alicyclic amines) is 2. The van der Waals surface area contributed by atoms with Gasteiger partial charge in [-0.05, 0) is 31.6 Å². The monoisotopic (exact) mass is 344 g/mol. The van der Waals surface area contributed by atoms with Crippen molar-refractivity contribution in [2.75, 3.05) is 26.2 Å². The summed E-state index contributed by atoms with van der Waals surface area (Å²) < 4.78 is 2.23. The van der Waals surface area contributed by atoms with Crippen LogP contribution in [-0.4, -0.2) is 57.3 Å². The first-order chi connectivity index (χ1) is 12.2. The second-order valence-corrected chi connectivity index (χ2v) is 7.83. The Balaban J connectivity index is 1.39. The average Bonchev–Trinajstić information content (AvgIpc) is 3.18. The molecule has 0 bridgehead atoms. The van der Waals surface area contributed by atoms with Crippen LogP contribution >= 0.6 is 0 Å². The number of carbonyl (C=O) groups is 2. The van der Waals surface area contributed by atoms with Crippen molar-refractivity contribution in [2.24, 2.45) is 11.8 Å². The van der Waals surface area contributed by atoms with Crippen molar-refractivity contribution >= 4 is 11.8 Å². The highest BCUT2D eigenvalue weighted by molar-refractivity contribution is 5.89. The minimum Gasteiger partial charge on any atom is -0.342 e. The molecule has 2 saturated heterocycles. The molecule has 0 unspecified atom stereocenters. The number of amides is 2. The average molecular weight is 344 g/mol. The van der Waals surface area contributed by atoms with E-state index in [9.17, 15) is 9.59 Å². The zero-order valence-corrected chi connectivity index (χ0v) is 15.1. The zero-order chi connectivity index (χ0) is 17.4. The lowest BCUT2D eigenvalue weighted by molar-refractivity contribution is -0.137. The van der Waals surface area contributed by atoms with Gasteiger partial charge in [-0.3, -0.25) is 9.59 Å². The molecule has 1 aromatic rings. The summed E-state index contributed by atoms with van der Waals surface area (Å²) in [6, 6.07) is 0.315. The molecule has 2 amide bonds. The summed E-state index contributed by atoms with van der Waals surface area (Å²) in [4.78, 5) is 33.5. The van der Waals surface area contributed by atoms with Gasteiger partial charge in [-0.15, -0.1) is 0 Å². The Kier molecular flexibility index (Phi) is 4.52. The maximum Gasteiger partial charge on any atom is 0.228 e. The second-order valence-electron chi connectivity index (χ2n) is 7.83. The fourth-order valence-corrected chi connectivity index (χ4v) is 4.32. The number of carbonyl (C=O) groups excluding carboxylic acids is 2. The first-order valence-electron chi connectivity index (χ1n) is 9.74. The smallest absolute Gasteiger partial charge is 0.228 e. The second kappa shape index (κ2) is 6.81. The van der Waals surface area contributed by atoms with Gasteiger partial charge in [0, 0.05) is 51.4 Å². The van der Waals surface area contributed by atoms with Crippen LogP contribution in [0.15, 0.2) is 12.4 Å². The van der Waals surface area contributed by atoms with Gasteiger partial charge >= 0.3 is 0 Å². The number of nitrogens with zero attached hydrogens (tertiary/aromatic N) is 4. The van der Waals surface area contributed by atoms with Gasteiger partial charge in [-0.2, -0.15) is 0 Å². The summed E-state index contributed by atoms with van der Waals surface area (Å²) in [6.07, 6.45) is 9.78. The number of piperidine rings is 1. The molecular weight excluding hydrogens is 316 g/mol. The first kappa shape index (κ1) is 16.6. The highest BCUT2D eigenvalue weighted by Crippen LogP contribution is 2.33. The van der Waals surface area contributed by atoms with Gasteiger partial charge in [0.2, 0.25) is 11.8 Å². The summed E-state index contributed by atoms with van der Waals surface area (Å²) in [5, 5.41) is 0. The summed E-state index contributed by atoms with van der Waals surface area (Å²) in [6.45, 7) is 5.16. The van der Waals surface area contributed by atoms with E-state index < -0.39 is 0 Å². The predicted octanol–water partition coefficient (Wildman–Crippen LogP) is 1.87. The molecule has 6 heteroatoms. The number of hydrogen-bond acceptors (Lipinski definition) is 3. The molecule has 2 aliphatic heterocycles. The number of imidazole rings is 1. The van der Waals surface area contributed by atoms with Crippen LogP contribution < -0.4 is 0 Å². The third kappa shape index (κ3) is 3.44. The summed E-state index contributed by atoms with van der Waals surface area (Å²) in [5.74, 6) is 1.98. The quantitative estimate of drug-likeness (QED) is 0.819.